The van der Waals surface area contributed by atoms with E-state index in [4.69, 9.17) is 9.57 Å². The molecule has 2 saturated heterocycles. The first-order valence-corrected chi connectivity index (χ1v) is 16.4. The van der Waals surface area contributed by atoms with E-state index in [1.165, 1.54) is 40.1 Å². The minimum Gasteiger partial charge on any atom is -0.483 e. The topological polar surface area (TPSA) is 110 Å². The molecule has 4 heterocycles. The van der Waals surface area contributed by atoms with Crippen molar-refractivity contribution in [2.45, 2.75) is 63.6 Å². The molecule has 2 bridgehead atoms. The first kappa shape index (κ1) is 34.0. The Bertz CT molecular complexity index is 2070. The van der Waals surface area contributed by atoms with Crippen molar-refractivity contribution < 1.29 is 41.5 Å². The normalized spacial score (nSPS) is 21.1. The molecule has 1 spiro atoms. The molecule has 0 radical (unpaired) electrons. The zero-order chi connectivity index (χ0) is 36.0. The molecule has 7 rings (SSSR count). The van der Waals surface area contributed by atoms with E-state index in [1.54, 1.807) is 35.2 Å². The van der Waals surface area contributed by atoms with Crippen molar-refractivity contribution in [2.75, 3.05) is 6.54 Å². The second-order valence-corrected chi connectivity index (χ2v) is 13.0. The molecule has 264 valence electrons. The average Bonchev–Trinajstić information content (AvgIpc) is 3.36. The van der Waals surface area contributed by atoms with Crippen molar-refractivity contribution in [3.8, 4) is 5.75 Å². The van der Waals surface area contributed by atoms with Gasteiger partial charge in [-0.25, -0.2) is 22.6 Å². The Balaban J connectivity index is 1.31. The number of rotatable bonds is 8. The Labute approximate surface area is 289 Å². The van der Waals surface area contributed by atoms with Gasteiger partial charge in [-0.1, -0.05) is 42.5 Å². The standard InChI is InChI=1S/C37H32F4N4O6/c1-21-11-12-37(15-31(46)45(51-37)17-22-7-9-24(38)10-8-22)30-19-43(21)36(49)32-34(50-20-23-5-3-2-4-6-23)33(47)27(18-44(30)32)35(48)42-16-26-28(40)13-25(39)14-29(26)41/h2-10,13-14,18,21,30H,11-12,15-17,19-20H2,1H3,(H,42,48)/t21-,30+,37+/m0/s1. The number of carbonyl (C=O) groups excluding carboxylic acids is 3. The summed E-state index contributed by atoms with van der Waals surface area (Å²) in [5.41, 5.74) is -2.13. The van der Waals surface area contributed by atoms with E-state index in [2.05, 4.69) is 5.32 Å². The molecule has 0 saturated carbocycles. The minimum atomic E-state index is -1.23. The molecular weight excluding hydrogens is 672 g/mol. The number of pyridine rings is 1. The Morgan fingerprint density at radius 2 is 1.67 bits per heavy atom. The lowest BCUT2D eigenvalue weighted by Gasteiger charge is -2.42. The van der Waals surface area contributed by atoms with Crippen LogP contribution in [0.25, 0.3) is 0 Å². The van der Waals surface area contributed by atoms with Crippen molar-refractivity contribution in [2.24, 2.45) is 0 Å². The fourth-order valence-corrected chi connectivity index (χ4v) is 7.00. The van der Waals surface area contributed by atoms with Gasteiger partial charge in [0.05, 0.1) is 19.0 Å². The zero-order valence-corrected chi connectivity index (χ0v) is 27.3. The van der Waals surface area contributed by atoms with Crippen LogP contribution in [-0.2, 0) is 29.3 Å². The Morgan fingerprint density at radius 1 is 0.961 bits per heavy atom. The molecule has 0 aliphatic carbocycles. The molecule has 1 aromatic heterocycles. The van der Waals surface area contributed by atoms with E-state index < -0.39 is 75.6 Å². The largest absolute Gasteiger partial charge is 0.483 e. The van der Waals surface area contributed by atoms with E-state index in [0.717, 1.165) is 0 Å². The molecular formula is C37H32F4N4O6. The third-order valence-corrected chi connectivity index (χ3v) is 9.75. The summed E-state index contributed by atoms with van der Waals surface area (Å²) < 4.78 is 63.4. The molecule has 51 heavy (non-hydrogen) atoms. The van der Waals surface area contributed by atoms with Gasteiger partial charge in [-0.3, -0.25) is 24.0 Å². The number of hydrogen-bond acceptors (Lipinski definition) is 6. The molecule has 1 N–H and O–H groups in total. The van der Waals surface area contributed by atoms with Crippen LogP contribution in [0.5, 0.6) is 5.75 Å². The van der Waals surface area contributed by atoms with E-state index in [9.17, 15) is 36.7 Å². The second-order valence-electron chi connectivity index (χ2n) is 13.0. The number of hydrogen-bond donors (Lipinski definition) is 1. The van der Waals surface area contributed by atoms with Gasteiger partial charge in [-0.2, -0.15) is 0 Å². The molecule has 10 nitrogen and oxygen atoms in total. The lowest BCUT2D eigenvalue weighted by molar-refractivity contribution is -0.218. The lowest BCUT2D eigenvalue weighted by atomic mass is 9.85. The fraction of sp³-hybridized carbons (Fsp3) is 0.297. The van der Waals surface area contributed by atoms with Crippen molar-refractivity contribution in [3.05, 3.63) is 134 Å². The molecule has 2 fully saturated rings. The average molecular weight is 705 g/mol. The quantitative estimate of drug-likeness (QED) is 0.253. The number of benzene rings is 3. The fourth-order valence-electron chi connectivity index (χ4n) is 7.00. The number of ether oxygens (including phenoxy) is 1. The number of aromatic nitrogens is 1. The van der Waals surface area contributed by atoms with Crippen LogP contribution in [-0.4, -0.2) is 50.4 Å². The molecule has 3 aliphatic heterocycles. The molecule has 3 amide bonds. The van der Waals surface area contributed by atoms with Gasteiger partial charge in [-0.15, -0.1) is 0 Å². The summed E-state index contributed by atoms with van der Waals surface area (Å²) in [5, 5.41) is 3.54. The van der Waals surface area contributed by atoms with Crippen LogP contribution in [0.3, 0.4) is 0 Å². The Hall–Kier alpha value is -5.50. The molecule has 0 unspecified atom stereocenters. The maximum atomic E-state index is 14.4. The highest BCUT2D eigenvalue weighted by Gasteiger charge is 2.56. The number of hydroxylamine groups is 2. The van der Waals surface area contributed by atoms with Crippen LogP contribution in [0.15, 0.2) is 77.7 Å². The number of carbonyl (C=O) groups is 3. The van der Waals surface area contributed by atoms with Gasteiger partial charge in [0.1, 0.15) is 41.0 Å². The number of nitrogens with one attached hydrogen (secondary N) is 1. The van der Waals surface area contributed by atoms with Gasteiger partial charge in [0.15, 0.2) is 11.4 Å². The van der Waals surface area contributed by atoms with Gasteiger partial charge < -0.3 is 19.5 Å². The third kappa shape index (κ3) is 6.35. The first-order chi connectivity index (χ1) is 24.4. The summed E-state index contributed by atoms with van der Waals surface area (Å²) in [4.78, 5) is 63.5. The van der Waals surface area contributed by atoms with Gasteiger partial charge >= 0.3 is 0 Å². The molecule has 3 atom stereocenters. The second kappa shape index (κ2) is 13.3. The van der Waals surface area contributed by atoms with Crippen molar-refractivity contribution in [1.82, 2.24) is 19.8 Å². The molecule has 4 aromatic rings. The van der Waals surface area contributed by atoms with Crippen LogP contribution in [0.4, 0.5) is 17.6 Å². The SMILES string of the molecule is C[C@H]1CC[C@@]2(CC(=O)N(Cc3ccc(F)cc3)O2)[C@H]2CN1C(=O)c1c(OCc3ccccc3)c(=O)c(C(=O)NCc3c(F)cc(F)cc3F)cn12. The number of halogens is 4. The zero-order valence-electron chi connectivity index (χ0n) is 27.3. The van der Waals surface area contributed by atoms with Crippen molar-refractivity contribution in [3.63, 3.8) is 0 Å². The molecule has 3 aromatic carbocycles. The maximum absolute atomic E-state index is 14.4. The van der Waals surface area contributed by atoms with Crippen LogP contribution < -0.4 is 15.5 Å². The van der Waals surface area contributed by atoms with Gasteiger partial charge in [0, 0.05) is 43.0 Å². The highest BCUT2D eigenvalue weighted by Crippen LogP contribution is 2.47. The van der Waals surface area contributed by atoms with Gasteiger partial charge in [0.25, 0.3) is 11.8 Å². The summed E-state index contributed by atoms with van der Waals surface area (Å²) >= 11 is 0. The van der Waals surface area contributed by atoms with E-state index in [0.29, 0.717) is 36.1 Å². The monoisotopic (exact) mass is 704 g/mol. The smallest absolute Gasteiger partial charge is 0.274 e. The highest BCUT2D eigenvalue weighted by molar-refractivity contribution is 5.99. The van der Waals surface area contributed by atoms with E-state index in [1.807, 2.05) is 6.92 Å². The Kier molecular flexibility index (Phi) is 8.87. The number of nitrogens with zero attached hydrogens (tertiary/aromatic N) is 3. The van der Waals surface area contributed by atoms with Crippen molar-refractivity contribution in [1.29, 1.82) is 0 Å². The maximum Gasteiger partial charge on any atom is 0.274 e. The minimum absolute atomic E-state index is 0.0262. The molecule has 14 heteroatoms. The van der Waals surface area contributed by atoms with Gasteiger partial charge in [0.2, 0.25) is 11.3 Å². The summed E-state index contributed by atoms with van der Waals surface area (Å²) in [7, 11) is 0. The van der Waals surface area contributed by atoms with Crippen LogP contribution in [0.1, 0.15) is 69.8 Å². The first-order valence-electron chi connectivity index (χ1n) is 16.4. The summed E-state index contributed by atoms with van der Waals surface area (Å²) in [6.07, 6.45) is 1.86. The van der Waals surface area contributed by atoms with Crippen LogP contribution in [0.2, 0.25) is 0 Å². The van der Waals surface area contributed by atoms with Crippen LogP contribution in [0, 0.1) is 23.3 Å². The third-order valence-electron chi connectivity index (χ3n) is 9.75. The number of amides is 3. The summed E-state index contributed by atoms with van der Waals surface area (Å²) in [6, 6.07) is 14.3. The number of fused-ring (bicyclic) bond motifs is 5. The predicted octanol–water partition coefficient (Wildman–Crippen LogP) is 5.20. The highest BCUT2D eigenvalue weighted by atomic mass is 19.1. The molecule has 3 aliphatic rings. The lowest BCUT2D eigenvalue weighted by Crippen LogP contribution is -2.52. The van der Waals surface area contributed by atoms with Gasteiger partial charge in [-0.05, 0) is 43.0 Å². The summed E-state index contributed by atoms with van der Waals surface area (Å²) in [6.45, 7) is 1.09. The summed E-state index contributed by atoms with van der Waals surface area (Å²) in [5.74, 6) is -6.34. The van der Waals surface area contributed by atoms with E-state index >= 15 is 0 Å². The Morgan fingerprint density at radius 3 is 2.37 bits per heavy atom. The van der Waals surface area contributed by atoms with Crippen molar-refractivity contribution >= 4 is 17.7 Å². The predicted molar refractivity (Wildman–Crippen MR) is 173 cm³/mol. The van der Waals surface area contributed by atoms with E-state index in [-0.39, 0.29) is 43.8 Å². The van der Waals surface area contributed by atoms with Crippen LogP contribution >= 0.6 is 0 Å².